The number of ether oxygens (including phenoxy) is 1. The first-order valence-corrected chi connectivity index (χ1v) is 24.4. The number of esters is 1. The van der Waals surface area contributed by atoms with Crippen LogP contribution in [0.3, 0.4) is 0 Å². The standard InChI is InChI=1S/C53H70ClF3N4O6/c1-36(2)35-51(5,60(7)50(66)53(55,56)57)49(65)59(6)46(37(3)4)47(63)58-44(48(64)61-32-20-21-33-61)34-45(62)67-52(40-24-16-13-17-25-40,42-26-18-19-27-43(42)54)41-30-28-39(29-31-41)38-22-14-11-9-8-10-12-15-23-38/h13,16-19,24-31,36-38,44,46H,8-12,14-15,20-23,32-35H2,1-7H3,(H,58,63)/t44-,46-,51?,52?/m0/s1. The van der Waals surface area contributed by atoms with Crippen LogP contribution in [0.5, 0.6) is 0 Å². The largest absolute Gasteiger partial charge is 0.471 e. The number of nitrogens with one attached hydrogen (secondary N) is 1. The van der Waals surface area contributed by atoms with Gasteiger partial charge in [0.05, 0.1) is 6.42 Å². The van der Waals surface area contributed by atoms with Crippen LogP contribution in [-0.2, 0) is 34.3 Å². The molecule has 2 unspecified atom stereocenters. The second kappa shape index (κ2) is 23.4. The highest BCUT2D eigenvalue weighted by atomic mass is 35.5. The molecule has 0 bridgehead atoms. The molecule has 5 rings (SSSR count). The van der Waals surface area contributed by atoms with Crippen molar-refractivity contribution in [1.29, 1.82) is 0 Å². The van der Waals surface area contributed by atoms with Gasteiger partial charge in [-0.3, -0.25) is 24.0 Å². The van der Waals surface area contributed by atoms with Crippen LogP contribution in [0, 0.1) is 11.8 Å². The predicted molar refractivity (Wildman–Crippen MR) is 255 cm³/mol. The average Bonchev–Trinajstić information content (AvgIpc) is 3.84. The highest BCUT2D eigenvalue weighted by molar-refractivity contribution is 6.31. The van der Waals surface area contributed by atoms with Gasteiger partial charge < -0.3 is 24.8 Å². The summed E-state index contributed by atoms with van der Waals surface area (Å²) in [5, 5.41) is 3.12. The zero-order chi connectivity index (χ0) is 49.1. The fourth-order valence-corrected chi connectivity index (χ4v) is 10.5. The summed E-state index contributed by atoms with van der Waals surface area (Å²) in [5.74, 6) is -5.78. The van der Waals surface area contributed by atoms with Crippen molar-refractivity contribution in [2.24, 2.45) is 11.8 Å². The summed E-state index contributed by atoms with van der Waals surface area (Å²) in [7, 11) is 2.23. The van der Waals surface area contributed by atoms with Gasteiger partial charge in [0.1, 0.15) is 17.6 Å². The molecule has 1 N–H and O–H groups in total. The maximum absolute atomic E-state index is 14.9. The number of carbonyl (C=O) groups is 5. The van der Waals surface area contributed by atoms with E-state index in [1.54, 1.807) is 50.8 Å². The third-order valence-corrected chi connectivity index (χ3v) is 14.0. The number of benzene rings is 3. The van der Waals surface area contributed by atoms with E-state index in [1.807, 2.05) is 48.5 Å². The Kier molecular flexibility index (Phi) is 18.5. The van der Waals surface area contributed by atoms with Gasteiger partial charge in [-0.1, -0.05) is 157 Å². The molecule has 67 heavy (non-hydrogen) atoms. The molecule has 4 atom stereocenters. The number of hydrogen-bond acceptors (Lipinski definition) is 6. The molecule has 3 aromatic rings. The monoisotopic (exact) mass is 950 g/mol. The molecule has 1 heterocycles. The number of alkyl halides is 3. The zero-order valence-corrected chi connectivity index (χ0v) is 41.1. The second-order valence-corrected chi connectivity index (χ2v) is 19.9. The first kappa shape index (κ1) is 53.1. The molecule has 1 aliphatic carbocycles. The highest BCUT2D eigenvalue weighted by Gasteiger charge is 2.52. The molecule has 1 saturated carbocycles. The van der Waals surface area contributed by atoms with Crippen LogP contribution in [0.15, 0.2) is 78.9 Å². The van der Waals surface area contributed by atoms with Gasteiger partial charge >= 0.3 is 18.1 Å². The molecule has 0 aromatic heterocycles. The smallest absolute Gasteiger partial charge is 0.444 e. The summed E-state index contributed by atoms with van der Waals surface area (Å²) in [4.78, 5) is 73.8. The van der Waals surface area contributed by atoms with Crippen molar-refractivity contribution >= 4 is 41.2 Å². The minimum atomic E-state index is -5.25. The lowest BCUT2D eigenvalue weighted by atomic mass is 9.78. The molecule has 1 saturated heterocycles. The molecule has 1 aliphatic heterocycles. The number of amides is 4. The predicted octanol–water partition coefficient (Wildman–Crippen LogP) is 10.6. The van der Waals surface area contributed by atoms with Crippen LogP contribution in [-0.4, -0.2) is 95.3 Å². The van der Waals surface area contributed by atoms with Crippen molar-refractivity contribution < 1.29 is 41.9 Å². The fourth-order valence-electron chi connectivity index (χ4n) is 10.2. The van der Waals surface area contributed by atoms with E-state index in [4.69, 9.17) is 16.3 Å². The molecule has 10 nitrogen and oxygen atoms in total. The van der Waals surface area contributed by atoms with E-state index in [0.29, 0.717) is 45.6 Å². The van der Waals surface area contributed by atoms with Crippen LogP contribution in [0.1, 0.15) is 146 Å². The molecule has 2 aliphatic rings. The van der Waals surface area contributed by atoms with E-state index in [0.717, 1.165) is 50.5 Å². The minimum absolute atomic E-state index is 0.138. The van der Waals surface area contributed by atoms with Gasteiger partial charge in [0, 0.05) is 48.9 Å². The number of halogens is 4. The zero-order valence-electron chi connectivity index (χ0n) is 40.3. The van der Waals surface area contributed by atoms with Crippen molar-refractivity contribution in [3.63, 3.8) is 0 Å². The topological polar surface area (TPSA) is 116 Å². The number of nitrogens with zero attached hydrogens (tertiary/aromatic N) is 3. The van der Waals surface area contributed by atoms with E-state index in [2.05, 4.69) is 17.4 Å². The van der Waals surface area contributed by atoms with E-state index in [-0.39, 0.29) is 12.3 Å². The quantitative estimate of drug-likeness (QED) is 0.113. The summed E-state index contributed by atoms with van der Waals surface area (Å²) in [5.41, 5.74) is -0.663. The number of carbonyl (C=O) groups excluding carboxylic acids is 5. The Hall–Kier alpha value is -4.91. The highest BCUT2D eigenvalue weighted by Crippen LogP contribution is 2.45. The van der Waals surface area contributed by atoms with Crippen molar-refractivity contribution in [3.8, 4) is 0 Å². The molecule has 0 radical (unpaired) electrons. The van der Waals surface area contributed by atoms with Crippen LogP contribution >= 0.6 is 11.6 Å². The third kappa shape index (κ3) is 12.8. The lowest BCUT2D eigenvalue weighted by Gasteiger charge is -2.43. The van der Waals surface area contributed by atoms with Gasteiger partial charge in [-0.25, -0.2) is 0 Å². The van der Waals surface area contributed by atoms with Crippen LogP contribution in [0.2, 0.25) is 5.02 Å². The molecule has 4 amide bonds. The lowest BCUT2D eigenvalue weighted by molar-refractivity contribution is -0.192. The summed E-state index contributed by atoms with van der Waals surface area (Å²) in [6, 6.07) is 21.8. The van der Waals surface area contributed by atoms with E-state index in [9.17, 15) is 37.1 Å². The van der Waals surface area contributed by atoms with Crippen LogP contribution in [0.25, 0.3) is 0 Å². The Morgan fingerprint density at radius 1 is 0.746 bits per heavy atom. The Morgan fingerprint density at radius 2 is 1.28 bits per heavy atom. The van der Waals surface area contributed by atoms with Gasteiger partial charge in [-0.15, -0.1) is 0 Å². The van der Waals surface area contributed by atoms with Crippen molar-refractivity contribution in [3.05, 3.63) is 106 Å². The van der Waals surface area contributed by atoms with Crippen LogP contribution in [0.4, 0.5) is 13.2 Å². The maximum Gasteiger partial charge on any atom is 0.471 e. The molecule has 3 aromatic carbocycles. The van der Waals surface area contributed by atoms with Crippen molar-refractivity contribution in [2.75, 3.05) is 27.2 Å². The molecule has 0 spiro atoms. The minimum Gasteiger partial charge on any atom is -0.444 e. The van der Waals surface area contributed by atoms with Crippen molar-refractivity contribution in [1.82, 2.24) is 20.0 Å². The summed E-state index contributed by atoms with van der Waals surface area (Å²) in [6.45, 7) is 8.81. The summed E-state index contributed by atoms with van der Waals surface area (Å²) >= 11 is 7.04. The first-order valence-electron chi connectivity index (χ1n) is 24.1. The fraction of sp³-hybridized carbons (Fsp3) is 0.566. The van der Waals surface area contributed by atoms with E-state index >= 15 is 0 Å². The number of rotatable bonds is 16. The number of hydrogen-bond donors (Lipinski definition) is 1. The Labute approximate surface area is 400 Å². The van der Waals surface area contributed by atoms with Crippen LogP contribution < -0.4 is 5.32 Å². The Balaban J connectivity index is 1.53. The normalized spacial score (nSPS) is 18.0. The molecular formula is C53H70ClF3N4O6. The Bertz CT molecular complexity index is 2140. The molecule has 366 valence electrons. The number of likely N-dealkylation sites (tertiary alicyclic amines) is 1. The van der Waals surface area contributed by atoms with Gasteiger partial charge in [0.15, 0.2) is 5.60 Å². The van der Waals surface area contributed by atoms with Gasteiger partial charge in [0.2, 0.25) is 17.7 Å². The van der Waals surface area contributed by atoms with Gasteiger partial charge in [-0.2, -0.15) is 13.2 Å². The third-order valence-electron chi connectivity index (χ3n) is 13.7. The summed E-state index contributed by atoms with van der Waals surface area (Å²) < 4.78 is 48.1. The van der Waals surface area contributed by atoms with E-state index < -0.39 is 71.3 Å². The molecule has 14 heteroatoms. The second-order valence-electron chi connectivity index (χ2n) is 19.5. The average molecular weight is 952 g/mol. The first-order chi connectivity index (χ1) is 31.7. The van der Waals surface area contributed by atoms with Gasteiger partial charge in [-0.05, 0) is 68.4 Å². The van der Waals surface area contributed by atoms with E-state index in [1.165, 1.54) is 51.6 Å². The molecule has 2 fully saturated rings. The Morgan fingerprint density at radius 3 is 1.82 bits per heavy atom. The summed E-state index contributed by atoms with van der Waals surface area (Å²) in [6.07, 6.45) is 6.19. The number of likely N-dealkylation sites (N-methyl/N-ethyl adjacent to an activating group) is 2. The van der Waals surface area contributed by atoms with Crippen molar-refractivity contribution in [2.45, 2.75) is 153 Å². The lowest BCUT2D eigenvalue weighted by Crippen LogP contribution is -2.64. The van der Waals surface area contributed by atoms with Gasteiger partial charge in [0.25, 0.3) is 0 Å². The SMILES string of the molecule is CC(C)CC(C)(C(=O)N(C)[C@H](C(=O)N[C@@H](CC(=O)OC(c1ccccc1)(c1ccc(C2CCCCCCCCC2)cc1)c1ccccc1Cl)C(=O)N1CCCC1)C(C)C)N(C)C(=O)C(F)(F)F. The maximum atomic E-state index is 14.9. The molecular weight excluding hydrogens is 881 g/mol.